The minimum Gasteiger partial charge on any atom is -0.497 e. The molecule has 6 heteroatoms. The van der Waals surface area contributed by atoms with E-state index in [1.165, 1.54) is 7.11 Å². The van der Waals surface area contributed by atoms with Crippen molar-refractivity contribution in [2.75, 3.05) is 19.0 Å². The number of methoxy groups -OCH3 is 1. The molecule has 1 aliphatic heterocycles. The molecule has 2 aromatic carbocycles. The number of carbonyl (C=O) groups is 2. The number of fused-ring (bicyclic) bond motifs is 1. The van der Waals surface area contributed by atoms with E-state index in [-0.39, 0.29) is 18.4 Å². The zero-order valence-electron chi connectivity index (χ0n) is 12.5. The van der Waals surface area contributed by atoms with Crippen molar-refractivity contribution < 1.29 is 19.1 Å². The number of amides is 2. The lowest BCUT2D eigenvalue weighted by Gasteiger charge is -2.25. The summed E-state index contributed by atoms with van der Waals surface area (Å²) in [6, 6.07) is 14.0. The van der Waals surface area contributed by atoms with Crippen molar-refractivity contribution in [1.29, 1.82) is 0 Å². The number of para-hydroxylation sites is 2. The van der Waals surface area contributed by atoms with Crippen LogP contribution in [0.5, 0.6) is 11.5 Å². The predicted molar refractivity (Wildman–Crippen MR) is 84.8 cm³/mol. The SMILES string of the molecule is COc1cccc(C(=O)NCC2Oc3ccccc3NC2=O)c1. The van der Waals surface area contributed by atoms with E-state index < -0.39 is 6.10 Å². The first-order valence-corrected chi connectivity index (χ1v) is 7.16. The Labute approximate surface area is 133 Å². The molecular weight excluding hydrogens is 296 g/mol. The normalized spacial score (nSPS) is 15.9. The van der Waals surface area contributed by atoms with E-state index in [2.05, 4.69) is 10.6 Å². The molecule has 1 atom stereocenters. The fourth-order valence-corrected chi connectivity index (χ4v) is 2.28. The number of rotatable bonds is 4. The highest BCUT2D eigenvalue weighted by Gasteiger charge is 2.27. The summed E-state index contributed by atoms with van der Waals surface area (Å²) < 4.78 is 10.7. The highest BCUT2D eigenvalue weighted by Crippen LogP contribution is 2.28. The Kier molecular flexibility index (Phi) is 4.14. The molecule has 0 aliphatic carbocycles. The summed E-state index contributed by atoms with van der Waals surface area (Å²) in [6.45, 7) is 0.0796. The number of anilines is 1. The lowest BCUT2D eigenvalue weighted by Crippen LogP contribution is -2.45. The first-order valence-electron chi connectivity index (χ1n) is 7.16. The van der Waals surface area contributed by atoms with Crippen molar-refractivity contribution in [1.82, 2.24) is 5.32 Å². The summed E-state index contributed by atoms with van der Waals surface area (Å²) in [4.78, 5) is 24.2. The van der Waals surface area contributed by atoms with Gasteiger partial charge in [-0.05, 0) is 30.3 Å². The monoisotopic (exact) mass is 312 g/mol. The van der Waals surface area contributed by atoms with Gasteiger partial charge in [-0.2, -0.15) is 0 Å². The molecule has 0 spiro atoms. The molecular formula is C17H16N2O4. The smallest absolute Gasteiger partial charge is 0.267 e. The van der Waals surface area contributed by atoms with Crippen LogP contribution in [0.2, 0.25) is 0 Å². The van der Waals surface area contributed by atoms with Gasteiger partial charge in [0.2, 0.25) is 0 Å². The molecule has 1 heterocycles. The van der Waals surface area contributed by atoms with Crippen LogP contribution >= 0.6 is 0 Å². The molecule has 2 amide bonds. The second-order valence-corrected chi connectivity index (χ2v) is 5.03. The van der Waals surface area contributed by atoms with Crippen molar-refractivity contribution in [2.24, 2.45) is 0 Å². The maximum absolute atomic E-state index is 12.2. The maximum Gasteiger partial charge on any atom is 0.267 e. The van der Waals surface area contributed by atoms with Gasteiger partial charge in [0, 0.05) is 5.56 Å². The van der Waals surface area contributed by atoms with Crippen LogP contribution in [0.3, 0.4) is 0 Å². The third-order valence-electron chi connectivity index (χ3n) is 3.49. The van der Waals surface area contributed by atoms with Crippen molar-refractivity contribution in [3.05, 3.63) is 54.1 Å². The molecule has 2 aromatic rings. The van der Waals surface area contributed by atoms with Gasteiger partial charge in [-0.15, -0.1) is 0 Å². The highest BCUT2D eigenvalue weighted by atomic mass is 16.5. The molecule has 0 bridgehead atoms. The van der Waals surface area contributed by atoms with E-state index >= 15 is 0 Å². The molecule has 2 N–H and O–H groups in total. The molecule has 1 unspecified atom stereocenters. The van der Waals surface area contributed by atoms with Crippen LogP contribution in [-0.2, 0) is 4.79 Å². The minimum absolute atomic E-state index is 0.0796. The van der Waals surface area contributed by atoms with Crippen LogP contribution in [0.1, 0.15) is 10.4 Å². The fourth-order valence-electron chi connectivity index (χ4n) is 2.28. The number of ether oxygens (including phenoxy) is 2. The summed E-state index contributed by atoms with van der Waals surface area (Å²) in [5, 5.41) is 5.46. The zero-order valence-corrected chi connectivity index (χ0v) is 12.5. The summed E-state index contributed by atoms with van der Waals surface area (Å²) in [7, 11) is 1.54. The molecule has 118 valence electrons. The summed E-state index contributed by atoms with van der Waals surface area (Å²) in [5.74, 6) is 0.611. The van der Waals surface area contributed by atoms with E-state index in [9.17, 15) is 9.59 Å². The van der Waals surface area contributed by atoms with Crippen molar-refractivity contribution in [3.8, 4) is 11.5 Å². The molecule has 0 saturated carbocycles. The highest BCUT2D eigenvalue weighted by molar-refractivity contribution is 5.99. The van der Waals surface area contributed by atoms with Crippen molar-refractivity contribution in [2.45, 2.75) is 6.10 Å². The van der Waals surface area contributed by atoms with Gasteiger partial charge in [-0.25, -0.2) is 0 Å². The Morgan fingerprint density at radius 1 is 1.26 bits per heavy atom. The Hall–Kier alpha value is -3.02. The van der Waals surface area contributed by atoms with Gasteiger partial charge in [0.15, 0.2) is 6.10 Å². The van der Waals surface area contributed by atoms with Crippen LogP contribution < -0.4 is 20.1 Å². The topological polar surface area (TPSA) is 76.7 Å². The average Bonchev–Trinajstić information content (AvgIpc) is 2.59. The molecule has 0 fully saturated rings. The van der Waals surface area contributed by atoms with Gasteiger partial charge in [-0.1, -0.05) is 18.2 Å². The first kappa shape index (κ1) is 14.9. The molecule has 0 aromatic heterocycles. The number of hydrogen-bond donors (Lipinski definition) is 2. The Balaban J connectivity index is 1.64. The lowest BCUT2D eigenvalue weighted by molar-refractivity contribution is -0.123. The van der Waals surface area contributed by atoms with Crippen LogP contribution in [-0.4, -0.2) is 31.6 Å². The molecule has 23 heavy (non-hydrogen) atoms. The van der Waals surface area contributed by atoms with Gasteiger partial charge < -0.3 is 20.1 Å². The van der Waals surface area contributed by atoms with E-state index in [0.29, 0.717) is 22.7 Å². The van der Waals surface area contributed by atoms with Crippen LogP contribution in [0.15, 0.2) is 48.5 Å². The Morgan fingerprint density at radius 2 is 2.09 bits per heavy atom. The average molecular weight is 312 g/mol. The van der Waals surface area contributed by atoms with Crippen molar-refractivity contribution in [3.63, 3.8) is 0 Å². The van der Waals surface area contributed by atoms with Crippen LogP contribution in [0.25, 0.3) is 0 Å². The Morgan fingerprint density at radius 3 is 2.91 bits per heavy atom. The van der Waals surface area contributed by atoms with Gasteiger partial charge in [0.1, 0.15) is 11.5 Å². The van der Waals surface area contributed by atoms with E-state index in [4.69, 9.17) is 9.47 Å². The van der Waals surface area contributed by atoms with E-state index in [0.717, 1.165) is 0 Å². The van der Waals surface area contributed by atoms with Gasteiger partial charge in [0.05, 0.1) is 19.3 Å². The molecule has 0 radical (unpaired) electrons. The number of carbonyl (C=O) groups excluding carboxylic acids is 2. The standard InChI is InChI=1S/C17H16N2O4/c1-22-12-6-4-5-11(9-12)16(20)18-10-15-17(21)19-13-7-2-3-8-14(13)23-15/h2-9,15H,10H2,1H3,(H,18,20)(H,19,21). The Bertz CT molecular complexity index is 745. The van der Waals surface area contributed by atoms with Crippen LogP contribution in [0, 0.1) is 0 Å². The minimum atomic E-state index is -0.764. The van der Waals surface area contributed by atoms with E-state index in [1.807, 2.05) is 12.1 Å². The zero-order chi connectivity index (χ0) is 16.2. The number of nitrogens with one attached hydrogen (secondary N) is 2. The number of hydrogen-bond acceptors (Lipinski definition) is 4. The summed E-state index contributed by atoms with van der Waals surface area (Å²) >= 11 is 0. The molecule has 1 aliphatic rings. The molecule has 3 rings (SSSR count). The second-order valence-electron chi connectivity index (χ2n) is 5.03. The fraction of sp³-hybridized carbons (Fsp3) is 0.176. The van der Waals surface area contributed by atoms with Crippen molar-refractivity contribution >= 4 is 17.5 Å². The molecule has 0 saturated heterocycles. The number of benzene rings is 2. The molecule has 6 nitrogen and oxygen atoms in total. The first-order chi connectivity index (χ1) is 11.2. The van der Waals surface area contributed by atoms with Crippen LogP contribution in [0.4, 0.5) is 5.69 Å². The van der Waals surface area contributed by atoms with Gasteiger partial charge in [0.25, 0.3) is 11.8 Å². The van der Waals surface area contributed by atoms with E-state index in [1.54, 1.807) is 36.4 Å². The maximum atomic E-state index is 12.2. The van der Waals surface area contributed by atoms with Gasteiger partial charge >= 0.3 is 0 Å². The third kappa shape index (κ3) is 3.26. The van der Waals surface area contributed by atoms with Gasteiger partial charge in [-0.3, -0.25) is 9.59 Å². The summed E-state index contributed by atoms with van der Waals surface area (Å²) in [5.41, 5.74) is 1.09. The largest absolute Gasteiger partial charge is 0.497 e. The quantitative estimate of drug-likeness (QED) is 0.903. The second kappa shape index (κ2) is 6.39. The lowest BCUT2D eigenvalue weighted by atomic mass is 10.2. The predicted octanol–water partition coefficient (Wildman–Crippen LogP) is 1.82. The summed E-state index contributed by atoms with van der Waals surface area (Å²) in [6.07, 6.45) is -0.764. The third-order valence-corrected chi connectivity index (χ3v) is 3.49.